The molecule has 0 bridgehead atoms. The third kappa shape index (κ3) is 2.67. The van der Waals surface area contributed by atoms with Gasteiger partial charge in [-0.2, -0.15) is 10.1 Å². The van der Waals surface area contributed by atoms with E-state index in [0.29, 0.717) is 18.9 Å². The van der Waals surface area contributed by atoms with Crippen LogP contribution in [0.25, 0.3) is 10.2 Å². The first kappa shape index (κ1) is 13.8. The molecule has 0 saturated heterocycles. The van der Waals surface area contributed by atoms with Gasteiger partial charge in [0.2, 0.25) is 0 Å². The lowest BCUT2D eigenvalue weighted by Crippen LogP contribution is -2.13. The van der Waals surface area contributed by atoms with E-state index in [2.05, 4.69) is 25.5 Å². The highest BCUT2D eigenvalue weighted by molar-refractivity contribution is 7.19. The maximum absolute atomic E-state index is 11.7. The molecule has 0 radical (unpaired) electrons. The van der Waals surface area contributed by atoms with Gasteiger partial charge < -0.3 is 16.0 Å². The lowest BCUT2D eigenvalue weighted by molar-refractivity contribution is 0.970. The van der Waals surface area contributed by atoms with Crippen LogP contribution in [0.1, 0.15) is 16.1 Å². The summed E-state index contributed by atoms with van der Waals surface area (Å²) in [7, 11) is 0. The SMILES string of the molecule is Cc1c(CCN)sc2c(NCc3ccn[nH]3)nc(=O)[nH]c12. The minimum absolute atomic E-state index is 0.352. The largest absolute Gasteiger partial charge is 0.363 e. The molecule has 0 amide bonds. The molecule has 0 aliphatic carbocycles. The maximum Gasteiger partial charge on any atom is 0.347 e. The maximum atomic E-state index is 11.7. The average Bonchev–Trinajstić information content (AvgIpc) is 3.07. The van der Waals surface area contributed by atoms with Crippen LogP contribution in [0, 0.1) is 6.92 Å². The average molecular weight is 304 g/mol. The van der Waals surface area contributed by atoms with Crippen LogP contribution in [-0.4, -0.2) is 26.7 Å². The number of aryl methyl sites for hydroxylation is 1. The van der Waals surface area contributed by atoms with Gasteiger partial charge in [0.15, 0.2) is 5.82 Å². The number of aromatic nitrogens is 4. The van der Waals surface area contributed by atoms with Crippen molar-refractivity contribution in [3.05, 3.63) is 38.9 Å². The molecule has 0 aliphatic rings. The van der Waals surface area contributed by atoms with E-state index in [1.165, 1.54) is 4.88 Å². The summed E-state index contributed by atoms with van der Waals surface area (Å²) in [5.41, 5.74) is 8.13. The summed E-state index contributed by atoms with van der Waals surface area (Å²) in [5.74, 6) is 0.597. The van der Waals surface area contributed by atoms with Crippen LogP contribution in [-0.2, 0) is 13.0 Å². The summed E-state index contributed by atoms with van der Waals surface area (Å²) in [6.45, 7) is 3.12. The quantitative estimate of drug-likeness (QED) is 0.564. The second-order valence-corrected chi connectivity index (χ2v) is 5.82. The van der Waals surface area contributed by atoms with Gasteiger partial charge in [-0.05, 0) is 31.5 Å². The Labute approximate surface area is 124 Å². The molecule has 0 atom stereocenters. The van der Waals surface area contributed by atoms with Gasteiger partial charge in [-0.25, -0.2) is 4.79 Å². The Morgan fingerprint density at radius 1 is 1.48 bits per heavy atom. The molecule has 7 nitrogen and oxygen atoms in total. The summed E-state index contributed by atoms with van der Waals surface area (Å²) in [6.07, 6.45) is 2.49. The fourth-order valence-corrected chi connectivity index (χ4v) is 3.46. The first-order valence-corrected chi connectivity index (χ1v) is 7.45. The van der Waals surface area contributed by atoms with Gasteiger partial charge in [0, 0.05) is 11.1 Å². The molecule has 21 heavy (non-hydrogen) atoms. The summed E-state index contributed by atoms with van der Waals surface area (Å²) in [5, 5.41) is 9.95. The number of H-pyrrole nitrogens is 2. The Morgan fingerprint density at radius 2 is 2.33 bits per heavy atom. The van der Waals surface area contributed by atoms with Gasteiger partial charge in [0.05, 0.1) is 22.5 Å². The normalized spacial score (nSPS) is 11.1. The highest BCUT2D eigenvalue weighted by Gasteiger charge is 2.14. The second-order valence-electron chi connectivity index (χ2n) is 4.72. The molecule has 0 spiro atoms. The fourth-order valence-electron chi connectivity index (χ4n) is 2.22. The number of nitrogens with zero attached hydrogens (tertiary/aromatic N) is 2. The molecule has 5 N–H and O–H groups in total. The highest BCUT2D eigenvalue weighted by Crippen LogP contribution is 2.32. The van der Waals surface area contributed by atoms with Crippen LogP contribution < -0.4 is 16.7 Å². The number of fused-ring (bicyclic) bond motifs is 1. The zero-order chi connectivity index (χ0) is 14.8. The first-order valence-electron chi connectivity index (χ1n) is 6.63. The number of nitrogens with two attached hydrogens (primary N) is 1. The van der Waals surface area contributed by atoms with Crippen molar-refractivity contribution in [2.45, 2.75) is 19.9 Å². The van der Waals surface area contributed by atoms with Crippen molar-refractivity contribution >= 4 is 27.4 Å². The van der Waals surface area contributed by atoms with E-state index in [-0.39, 0.29) is 5.69 Å². The molecular weight excluding hydrogens is 288 g/mol. The Balaban J connectivity index is 2.00. The van der Waals surface area contributed by atoms with E-state index in [1.54, 1.807) is 17.5 Å². The number of anilines is 1. The van der Waals surface area contributed by atoms with Crippen molar-refractivity contribution in [1.82, 2.24) is 20.2 Å². The molecule has 3 aromatic rings. The van der Waals surface area contributed by atoms with E-state index < -0.39 is 0 Å². The topological polar surface area (TPSA) is 112 Å². The Morgan fingerprint density at radius 3 is 3.05 bits per heavy atom. The summed E-state index contributed by atoms with van der Waals surface area (Å²) >= 11 is 1.62. The van der Waals surface area contributed by atoms with Crippen LogP contribution in [0.3, 0.4) is 0 Å². The van der Waals surface area contributed by atoms with Crippen molar-refractivity contribution in [2.24, 2.45) is 5.73 Å². The number of nitrogens with one attached hydrogen (secondary N) is 3. The lowest BCUT2D eigenvalue weighted by Gasteiger charge is -2.04. The van der Waals surface area contributed by atoms with Crippen molar-refractivity contribution in [3.8, 4) is 0 Å². The van der Waals surface area contributed by atoms with Crippen molar-refractivity contribution in [3.63, 3.8) is 0 Å². The smallest absolute Gasteiger partial charge is 0.347 e. The van der Waals surface area contributed by atoms with E-state index in [9.17, 15) is 4.79 Å². The van der Waals surface area contributed by atoms with E-state index in [1.807, 2.05) is 13.0 Å². The molecule has 3 aromatic heterocycles. The van der Waals surface area contributed by atoms with E-state index >= 15 is 0 Å². The number of rotatable bonds is 5. The van der Waals surface area contributed by atoms with Gasteiger partial charge in [-0.3, -0.25) is 5.10 Å². The molecule has 0 aromatic carbocycles. The number of hydrogen-bond acceptors (Lipinski definition) is 6. The number of aromatic amines is 2. The van der Waals surface area contributed by atoms with Crippen LogP contribution in [0.4, 0.5) is 5.82 Å². The summed E-state index contributed by atoms with van der Waals surface area (Å²) < 4.78 is 0.954. The summed E-state index contributed by atoms with van der Waals surface area (Å²) in [4.78, 5) is 19.8. The lowest BCUT2D eigenvalue weighted by atomic mass is 10.2. The third-order valence-electron chi connectivity index (χ3n) is 3.28. The van der Waals surface area contributed by atoms with Gasteiger partial charge in [-0.1, -0.05) is 0 Å². The standard InChI is InChI=1S/C13H16N6OS/c1-7-9(2-4-14)21-11-10(7)17-13(20)18-12(11)15-6-8-3-5-16-19-8/h3,5H,2,4,6,14H2,1H3,(H,16,19)(H2,15,17,18,20). The van der Waals surface area contributed by atoms with Gasteiger partial charge in [0.25, 0.3) is 0 Å². The monoisotopic (exact) mass is 304 g/mol. The van der Waals surface area contributed by atoms with Crippen LogP contribution >= 0.6 is 11.3 Å². The molecule has 8 heteroatoms. The molecular formula is C13H16N6OS. The van der Waals surface area contributed by atoms with Gasteiger partial charge in [-0.15, -0.1) is 11.3 Å². The molecule has 3 heterocycles. The predicted molar refractivity (Wildman–Crippen MR) is 83.7 cm³/mol. The van der Waals surface area contributed by atoms with E-state index in [4.69, 9.17) is 5.73 Å². The number of thiophene rings is 1. The number of hydrogen-bond donors (Lipinski definition) is 4. The Hall–Kier alpha value is -2.19. The van der Waals surface area contributed by atoms with E-state index in [0.717, 1.165) is 27.9 Å². The zero-order valence-electron chi connectivity index (χ0n) is 11.6. The minimum Gasteiger partial charge on any atom is -0.363 e. The fraction of sp³-hybridized carbons (Fsp3) is 0.308. The van der Waals surface area contributed by atoms with Gasteiger partial charge >= 0.3 is 5.69 Å². The third-order valence-corrected chi connectivity index (χ3v) is 4.64. The molecule has 0 saturated carbocycles. The van der Waals surface area contributed by atoms with Gasteiger partial charge in [0.1, 0.15) is 0 Å². The van der Waals surface area contributed by atoms with Crippen molar-refractivity contribution in [2.75, 3.05) is 11.9 Å². The Kier molecular flexibility index (Phi) is 3.72. The summed E-state index contributed by atoms with van der Waals surface area (Å²) in [6, 6.07) is 1.87. The zero-order valence-corrected chi connectivity index (χ0v) is 12.4. The van der Waals surface area contributed by atoms with Crippen LogP contribution in [0.15, 0.2) is 17.1 Å². The minimum atomic E-state index is -0.352. The predicted octanol–water partition coefficient (Wildman–Crippen LogP) is 1.13. The molecule has 0 fully saturated rings. The van der Waals surface area contributed by atoms with Crippen molar-refractivity contribution in [1.29, 1.82) is 0 Å². The van der Waals surface area contributed by atoms with Crippen LogP contribution in [0.2, 0.25) is 0 Å². The molecule has 110 valence electrons. The highest BCUT2D eigenvalue weighted by atomic mass is 32.1. The first-order chi connectivity index (χ1) is 10.2. The molecule has 3 rings (SSSR count). The molecule has 0 aliphatic heterocycles. The van der Waals surface area contributed by atoms with Crippen molar-refractivity contribution < 1.29 is 0 Å². The Bertz CT molecular complexity index is 804. The molecule has 0 unspecified atom stereocenters. The van der Waals surface area contributed by atoms with Crippen LogP contribution in [0.5, 0.6) is 0 Å². The second kappa shape index (κ2) is 5.66.